The summed E-state index contributed by atoms with van der Waals surface area (Å²) in [6.07, 6.45) is 6.32. The summed E-state index contributed by atoms with van der Waals surface area (Å²) in [5.41, 5.74) is 0. The molecule has 1 aliphatic rings. The van der Waals surface area contributed by atoms with Gasteiger partial charge in [0.05, 0.1) is 6.10 Å². The highest BCUT2D eigenvalue weighted by molar-refractivity contribution is 4.72. The molecule has 1 heteroatoms. The second-order valence-electron chi connectivity index (χ2n) is 2.36. The maximum absolute atomic E-state index is 5.32. The summed E-state index contributed by atoms with van der Waals surface area (Å²) in [6.45, 7) is 3.02. The van der Waals surface area contributed by atoms with Gasteiger partial charge in [-0.2, -0.15) is 0 Å². The summed E-state index contributed by atoms with van der Waals surface area (Å²) >= 11 is 0. The fraction of sp³-hybridized carbons (Fsp3) is 0.857. The Morgan fingerprint density at radius 3 is 3.00 bits per heavy atom. The molecule has 1 nitrogen and oxygen atoms in total. The molecule has 0 atom stereocenters. The Hall–Kier alpha value is -0.0400. The van der Waals surface area contributed by atoms with Gasteiger partial charge in [0.25, 0.3) is 0 Å². The average molecular weight is 113 g/mol. The van der Waals surface area contributed by atoms with E-state index in [9.17, 15) is 0 Å². The molecule has 0 aromatic rings. The Balaban J connectivity index is 2.17. The van der Waals surface area contributed by atoms with E-state index in [-0.39, 0.29) is 0 Å². The topological polar surface area (TPSA) is 9.23 Å². The second kappa shape index (κ2) is 3.08. The van der Waals surface area contributed by atoms with Gasteiger partial charge >= 0.3 is 0 Å². The van der Waals surface area contributed by atoms with E-state index < -0.39 is 0 Å². The van der Waals surface area contributed by atoms with Crippen molar-refractivity contribution in [2.24, 2.45) is 0 Å². The maximum atomic E-state index is 5.32. The van der Waals surface area contributed by atoms with Crippen molar-refractivity contribution >= 4 is 0 Å². The van der Waals surface area contributed by atoms with E-state index in [1.165, 1.54) is 31.8 Å². The smallest absolute Gasteiger partial charge is 0.0940 e. The lowest BCUT2D eigenvalue weighted by atomic mass is 10.2. The molecule has 0 bridgehead atoms. The standard InChI is InChI=1S/C7H13O/c1-7-5-3-2-4-6-8-7/h2-6H2,1H3. The first-order valence-corrected chi connectivity index (χ1v) is 3.35. The Morgan fingerprint density at radius 2 is 2.12 bits per heavy atom. The van der Waals surface area contributed by atoms with Crippen LogP contribution in [0.25, 0.3) is 0 Å². The molecular weight excluding hydrogens is 100 g/mol. The zero-order chi connectivity index (χ0) is 5.82. The van der Waals surface area contributed by atoms with Gasteiger partial charge < -0.3 is 4.74 Å². The van der Waals surface area contributed by atoms with Crippen LogP contribution in [-0.4, -0.2) is 6.61 Å². The lowest BCUT2D eigenvalue weighted by Gasteiger charge is -2.04. The van der Waals surface area contributed by atoms with Crippen LogP contribution in [0.15, 0.2) is 0 Å². The Kier molecular flexibility index (Phi) is 2.34. The molecule has 0 spiro atoms. The van der Waals surface area contributed by atoms with Crippen LogP contribution in [0.4, 0.5) is 0 Å². The van der Waals surface area contributed by atoms with E-state index >= 15 is 0 Å². The van der Waals surface area contributed by atoms with Gasteiger partial charge in [-0.1, -0.05) is 12.8 Å². The maximum Gasteiger partial charge on any atom is 0.0940 e. The van der Waals surface area contributed by atoms with Gasteiger partial charge in [0, 0.05) is 6.61 Å². The van der Waals surface area contributed by atoms with Crippen molar-refractivity contribution in [1.82, 2.24) is 0 Å². The molecule has 1 saturated heterocycles. The summed E-state index contributed by atoms with van der Waals surface area (Å²) in [7, 11) is 0. The van der Waals surface area contributed by atoms with Gasteiger partial charge in [0.1, 0.15) is 0 Å². The van der Waals surface area contributed by atoms with E-state index in [2.05, 4.69) is 6.92 Å². The van der Waals surface area contributed by atoms with Gasteiger partial charge in [-0.25, -0.2) is 0 Å². The van der Waals surface area contributed by atoms with Crippen LogP contribution < -0.4 is 0 Å². The molecule has 1 heterocycles. The monoisotopic (exact) mass is 113 g/mol. The third-order valence-corrected chi connectivity index (χ3v) is 1.52. The van der Waals surface area contributed by atoms with E-state index in [0.717, 1.165) is 6.61 Å². The first-order chi connectivity index (χ1) is 3.89. The highest BCUT2D eigenvalue weighted by Crippen LogP contribution is 2.17. The minimum atomic E-state index is 0.950. The van der Waals surface area contributed by atoms with E-state index in [1.54, 1.807) is 0 Å². The average Bonchev–Trinajstić information content (AvgIpc) is 1.94. The molecule has 0 aromatic carbocycles. The highest BCUT2D eigenvalue weighted by atomic mass is 16.5. The lowest BCUT2D eigenvalue weighted by Crippen LogP contribution is -1.94. The zero-order valence-electron chi connectivity index (χ0n) is 5.44. The predicted octanol–water partition coefficient (Wildman–Crippen LogP) is 2.13. The van der Waals surface area contributed by atoms with Crippen LogP contribution in [0.2, 0.25) is 0 Å². The van der Waals surface area contributed by atoms with Crippen molar-refractivity contribution in [2.45, 2.75) is 32.6 Å². The normalized spacial score (nSPS) is 25.1. The van der Waals surface area contributed by atoms with Crippen LogP contribution in [0.5, 0.6) is 0 Å². The Morgan fingerprint density at radius 1 is 1.25 bits per heavy atom. The predicted molar refractivity (Wildman–Crippen MR) is 33.3 cm³/mol. The SMILES string of the molecule is C[C]1CCCCCO1. The molecule has 0 N–H and O–H groups in total. The summed E-state index contributed by atoms with van der Waals surface area (Å²) in [5, 5.41) is 0. The number of hydrogen-bond donors (Lipinski definition) is 0. The largest absolute Gasteiger partial charge is 0.372 e. The van der Waals surface area contributed by atoms with Crippen molar-refractivity contribution in [1.29, 1.82) is 0 Å². The highest BCUT2D eigenvalue weighted by Gasteiger charge is 2.06. The second-order valence-corrected chi connectivity index (χ2v) is 2.36. The molecule has 0 amide bonds. The fourth-order valence-corrected chi connectivity index (χ4v) is 0.971. The van der Waals surface area contributed by atoms with Crippen LogP contribution in [0, 0.1) is 6.10 Å². The first-order valence-electron chi connectivity index (χ1n) is 3.35. The first kappa shape index (κ1) is 6.09. The molecule has 1 radical (unpaired) electrons. The van der Waals surface area contributed by atoms with E-state index in [1.807, 2.05) is 0 Å². The molecule has 1 aliphatic heterocycles. The minimum Gasteiger partial charge on any atom is -0.372 e. The molecule has 1 rings (SSSR count). The van der Waals surface area contributed by atoms with Crippen molar-refractivity contribution in [3.63, 3.8) is 0 Å². The van der Waals surface area contributed by atoms with Crippen LogP contribution in [0.1, 0.15) is 32.6 Å². The van der Waals surface area contributed by atoms with Gasteiger partial charge in [-0.15, -0.1) is 0 Å². The summed E-state index contributed by atoms with van der Waals surface area (Å²) < 4.78 is 5.32. The van der Waals surface area contributed by atoms with Gasteiger partial charge in [-0.05, 0) is 19.8 Å². The van der Waals surface area contributed by atoms with Gasteiger partial charge in [-0.3, -0.25) is 0 Å². The molecular formula is C7H13O. The zero-order valence-corrected chi connectivity index (χ0v) is 5.44. The molecule has 0 saturated carbocycles. The number of rotatable bonds is 0. The van der Waals surface area contributed by atoms with Crippen molar-refractivity contribution < 1.29 is 4.74 Å². The minimum absolute atomic E-state index is 0.950. The Labute approximate surface area is 51.0 Å². The van der Waals surface area contributed by atoms with Crippen LogP contribution in [0.3, 0.4) is 0 Å². The van der Waals surface area contributed by atoms with Gasteiger partial charge in [0.15, 0.2) is 0 Å². The Bertz CT molecular complexity index is 53.4. The molecule has 8 heavy (non-hydrogen) atoms. The molecule has 1 fully saturated rings. The van der Waals surface area contributed by atoms with E-state index in [0.29, 0.717) is 0 Å². The molecule has 0 unspecified atom stereocenters. The summed E-state index contributed by atoms with van der Waals surface area (Å²) in [5.74, 6) is 0. The van der Waals surface area contributed by atoms with Crippen LogP contribution in [-0.2, 0) is 4.74 Å². The third kappa shape index (κ3) is 1.83. The summed E-state index contributed by atoms with van der Waals surface area (Å²) in [4.78, 5) is 0. The van der Waals surface area contributed by atoms with Crippen molar-refractivity contribution in [3.05, 3.63) is 6.10 Å². The van der Waals surface area contributed by atoms with Crippen molar-refractivity contribution in [3.8, 4) is 0 Å². The number of ether oxygens (including phenoxy) is 1. The quantitative estimate of drug-likeness (QED) is 0.467. The van der Waals surface area contributed by atoms with E-state index in [4.69, 9.17) is 4.74 Å². The van der Waals surface area contributed by atoms with Crippen molar-refractivity contribution in [2.75, 3.05) is 6.61 Å². The molecule has 47 valence electrons. The number of hydrogen-bond acceptors (Lipinski definition) is 1. The van der Waals surface area contributed by atoms with Crippen LogP contribution >= 0.6 is 0 Å². The fourth-order valence-electron chi connectivity index (χ4n) is 0.971. The molecule has 0 aromatic heterocycles. The van der Waals surface area contributed by atoms with Gasteiger partial charge in [0.2, 0.25) is 0 Å². The molecule has 0 aliphatic carbocycles. The summed E-state index contributed by atoms with van der Waals surface area (Å²) in [6, 6.07) is 0. The third-order valence-electron chi connectivity index (χ3n) is 1.52. The lowest BCUT2D eigenvalue weighted by molar-refractivity contribution is 0.153.